The third kappa shape index (κ3) is 2.02. The predicted molar refractivity (Wildman–Crippen MR) is 41.8 cm³/mol. The summed E-state index contributed by atoms with van der Waals surface area (Å²) < 4.78 is 0. The molecule has 0 spiro atoms. The summed E-state index contributed by atoms with van der Waals surface area (Å²) in [6.45, 7) is 0. The maximum atomic E-state index is 10.3. The Bertz CT molecular complexity index is 184. The van der Waals surface area contributed by atoms with Crippen LogP contribution in [0.5, 0.6) is 0 Å². The van der Waals surface area contributed by atoms with Crippen LogP contribution in [-0.2, 0) is 9.59 Å². The van der Waals surface area contributed by atoms with Gasteiger partial charge in [-0.3, -0.25) is 4.79 Å². The highest BCUT2D eigenvalue weighted by Crippen LogP contribution is 2.27. The first kappa shape index (κ1) is 8.22. The van der Waals surface area contributed by atoms with Gasteiger partial charge < -0.3 is 0 Å². The normalized spacial score (nSPS) is 18.9. The van der Waals surface area contributed by atoms with Crippen molar-refractivity contribution in [3.8, 4) is 0 Å². The van der Waals surface area contributed by atoms with Crippen molar-refractivity contribution in [2.75, 3.05) is 0 Å². The van der Waals surface area contributed by atoms with E-state index in [1.165, 1.54) is 6.42 Å². The number of hydrogen-bond donors (Lipinski definition) is 0. The quantitative estimate of drug-likeness (QED) is 0.341. The van der Waals surface area contributed by atoms with Crippen molar-refractivity contribution >= 4 is 12.2 Å². The van der Waals surface area contributed by atoms with Crippen molar-refractivity contribution < 1.29 is 9.59 Å². The van der Waals surface area contributed by atoms with E-state index in [1.807, 2.05) is 0 Å². The second-order valence-electron chi connectivity index (χ2n) is 3.01. The van der Waals surface area contributed by atoms with Gasteiger partial charge in [0.05, 0.1) is 5.57 Å². The van der Waals surface area contributed by atoms with Crippen LogP contribution in [0.3, 0.4) is 0 Å². The molecule has 0 amide bonds. The Morgan fingerprint density at radius 3 is 2.36 bits per heavy atom. The Morgan fingerprint density at radius 2 is 1.91 bits per heavy atom. The summed E-state index contributed by atoms with van der Waals surface area (Å²) in [5.74, 6) is 1.93. The molecule has 0 aliphatic heterocycles. The minimum Gasteiger partial charge on any atom is -0.297 e. The summed E-state index contributed by atoms with van der Waals surface area (Å²) in [4.78, 5) is 20.6. The van der Waals surface area contributed by atoms with Gasteiger partial charge in [0, 0.05) is 0 Å². The standard InChI is InChI=1S/C9H12O2/c10-6-9(7-11)8-4-2-1-3-5-8/h6,8H,1-5H2. The highest BCUT2D eigenvalue weighted by Gasteiger charge is 2.17. The van der Waals surface area contributed by atoms with Gasteiger partial charge in [-0.2, -0.15) is 0 Å². The number of carbonyl (C=O) groups excluding carboxylic acids is 2. The van der Waals surface area contributed by atoms with E-state index >= 15 is 0 Å². The minimum atomic E-state index is 0.207. The number of rotatable bonds is 2. The molecule has 0 bridgehead atoms. The molecule has 1 rings (SSSR count). The van der Waals surface area contributed by atoms with Crippen molar-refractivity contribution in [2.24, 2.45) is 5.92 Å². The van der Waals surface area contributed by atoms with Crippen molar-refractivity contribution in [2.45, 2.75) is 32.1 Å². The smallest absolute Gasteiger partial charge is 0.157 e. The zero-order valence-corrected chi connectivity index (χ0v) is 6.51. The van der Waals surface area contributed by atoms with Crippen molar-refractivity contribution in [3.05, 3.63) is 5.57 Å². The Morgan fingerprint density at radius 1 is 1.27 bits per heavy atom. The molecule has 1 aliphatic rings. The molecule has 2 nitrogen and oxygen atoms in total. The molecule has 0 aromatic rings. The first-order valence-electron chi connectivity index (χ1n) is 4.08. The van der Waals surface area contributed by atoms with E-state index in [0.29, 0.717) is 11.9 Å². The number of allylic oxidation sites excluding steroid dienone is 1. The lowest BCUT2D eigenvalue weighted by molar-refractivity contribution is -0.105. The third-order valence-electron chi connectivity index (χ3n) is 2.29. The molecule has 1 saturated carbocycles. The Kier molecular flexibility index (Phi) is 3.06. The summed E-state index contributed by atoms with van der Waals surface area (Å²) in [6, 6.07) is 0. The SMILES string of the molecule is O=C=C(C=O)C1CCCCC1. The molecular formula is C9H12O2. The maximum Gasteiger partial charge on any atom is 0.157 e. The molecular weight excluding hydrogens is 140 g/mol. The van der Waals surface area contributed by atoms with E-state index in [-0.39, 0.29) is 5.92 Å². The van der Waals surface area contributed by atoms with E-state index in [0.717, 1.165) is 25.7 Å². The molecule has 0 unspecified atom stereocenters. The van der Waals surface area contributed by atoms with E-state index in [2.05, 4.69) is 0 Å². The van der Waals surface area contributed by atoms with Crippen molar-refractivity contribution in [1.29, 1.82) is 0 Å². The van der Waals surface area contributed by atoms with Crippen LogP contribution in [0.1, 0.15) is 32.1 Å². The van der Waals surface area contributed by atoms with Gasteiger partial charge in [0.15, 0.2) is 6.29 Å². The van der Waals surface area contributed by atoms with Gasteiger partial charge in [-0.15, -0.1) is 0 Å². The molecule has 0 radical (unpaired) electrons. The number of aldehydes is 1. The molecule has 0 atom stereocenters. The van der Waals surface area contributed by atoms with Crippen LogP contribution in [0.25, 0.3) is 0 Å². The van der Waals surface area contributed by atoms with Crippen LogP contribution in [-0.4, -0.2) is 12.2 Å². The van der Waals surface area contributed by atoms with Crippen LogP contribution in [0, 0.1) is 5.92 Å². The van der Waals surface area contributed by atoms with Crippen LogP contribution in [0.2, 0.25) is 0 Å². The Labute approximate surface area is 66.3 Å². The number of carbonyl (C=O) groups is 1. The summed E-state index contributed by atoms with van der Waals surface area (Å²) in [6.07, 6.45) is 6.16. The fourth-order valence-electron chi connectivity index (χ4n) is 1.62. The molecule has 60 valence electrons. The van der Waals surface area contributed by atoms with E-state index in [1.54, 1.807) is 5.94 Å². The lowest BCUT2D eigenvalue weighted by Gasteiger charge is -2.18. The zero-order chi connectivity index (χ0) is 8.10. The topological polar surface area (TPSA) is 34.1 Å². The zero-order valence-electron chi connectivity index (χ0n) is 6.51. The summed E-state index contributed by atoms with van der Waals surface area (Å²) >= 11 is 0. The van der Waals surface area contributed by atoms with Crippen LogP contribution in [0.15, 0.2) is 5.57 Å². The van der Waals surface area contributed by atoms with Crippen LogP contribution in [0.4, 0.5) is 0 Å². The van der Waals surface area contributed by atoms with Crippen molar-refractivity contribution in [1.82, 2.24) is 0 Å². The summed E-state index contributed by atoms with van der Waals surface area (Å²) in [5, 5.41) is 0. The fourth-order valence-corrected chi connectivity index (χ4v) is 1.62. The lowest BCUT2D eigenvalue weighted by Crippen LogP contribution is -2.10. The van der Waals surface area contributed by atoms with Gasteiger partial charge in [-0.25, -0.2) is 4.79 Å². The van der Waals surface area contributed by atoms with Crippen molar-refractivity contribution in [3.63, 3.8) is 0 Å². The van der Waals surface area contributed by atoms with Crippen LogP contribution < -0.4 is 0 Å². The average Bonchev–Trinajstić information content (AvgIpc) is 2.09. The van der Waals surface area contributed by atoms with Gasteiger partial charge >= 0.3 is 0 Å². The molecule has 0 N–H and O–H groups in total. The van der Waals surface area contributed by atoms with Crippen LogP contribution >= 0.6 is 0 Å². The summed E-state index contributed by atoms with van der Waals surface area (Å²) in [5.41, 5.74) is 0.338. The largest absolute Gasteiger partial charge is 0.297 e. The molecule has 0 aromatic heterocycles. The third-order valence-corrected chi connectivity index (χ3v) is 2.29. The highest BCUT2D eigenvalue weighted by atomic mass is 16.1. The second kappa shape index (κ2) is 4.09. The lowest BCUT2D eigenvalue weighted by atomic mass is 9.85. The maximum absolute atomic E-state index is 10.3. The van der Waals surface area contributed by atoms with Gasteiger partial charge in [-0.05, 0) is 18.8 Å². The van der Waals surface area contributed by atoms with E-state index in [9.17, 15) is 9.59 Å². The Balaban J connectivity index is 2.57. The van der Waals surface area contributed by atoms with Gasteiger partial charge in [0.25, 0.3) is 0 Å². The molecule has 0 heterocycles. The second-order valence-corrected chi connectivity index (χ2v) is 3.01. The molecule has 0 aromatic carbocycles. The van der Waals surface area contributed by atoms with Gasteiger partial charge in [0.2, 0.25) is 0 Å². The number of hydrogen-bond acceptors (Lipinski definition) is 2. The molecule has 11 heavy (non-hydrogen) atoms. The summed E-state index contributed by atoms with van der Waals surface area (Å²) in [7, 11) is 0. The monoisotopic (exact) mass is 152 g/mol. The average molecular weight is 152 g/mol. The highest BCUT2D eigenvalue weighted by molar-refractivity contribution is 5.86. The van der Waals surface area contributed by atoms with E-state index in [4.69, 9.17) is 0 Å². The molecule has 1 fully saturated rings. The first-order valence-corrected chi connectivity index (χ1v) is 4.08. The van der Waals surface area contributed by atoms with Gasteiger partial charge in [-0.1, -0.05) is 19.3 Å². The van der Waals surface area contributed by atoms with Gasteiger partial charge in [0.1, 0.15) is 5.94 Å². The molecule has 2 heteroatoms. The fraction of sp³-hybridized carbons (Fsp3) is 0.667. The molecule has 1 aliphatic carbocycles. The predicted octanol–water partition coefficient (Wildman–Crippen LogP) is 1.52. The first-order chi connectivity index (χ1) is 5.38. The molecule has 0 saturated heterocycles. The van der Waals surface area contributed by atoms with E-state index < -0.39 is 0 Å². The minimum absolute atomic E-state index is 0.207. The Hall–Kier alpha value is -0.880.